The summed E-state index contributed by atoms with van der Waals surface area (Å²) < 4.78 is 35.5. The van der Waals surface area contributed by atoms with Gasteiger partial charge in [-0.15, -0.1) is 0 Å². The predicted molar refractivity (Wildman–Crippen MR) is 109 cm³/mol. The molecule has 1 aliphatic heterocycles. The summed E-state index contributed by atoms with van der Waals surface area (Å²) >= 11 is 0. The van der Waals surface area contributed by atoms with Crippen LogP contribution in [0.5, 0.6) is 5.75 Å². The average molecular weight is 444 g/mol. The average Bonchev–Trinajstić information content (AvgIpc) is 3.56. The number of carbonyl (C=O) groups excluding carboxylic acids is 2. The van der Waals surface area contributed by atoms with Crippen molar-refractivity contribution >= 4 is 11.8 Å². The first-order valence-electron chi connectivity index (χ1n) is 10.2. The quantitative estimate of drug-likeness (QED) is 0.572. The topological polar surface area (TPSA) is 91.7 Å². The zero-order valence-corrected chi connectivity index (χ0v) is 17.2. The van der Waals surface area contributed by atoms with E-state index in [2.05, 4.69) is 14.7 Å². The van der Waals surface area contributed by atoms with Gasteiger partial charge < -0.3 is 23.9 Å². The normalized spacial score (nSPS) is 13.5. The van der Waals surface area contributed by atoms with Gasteiger partial charge in [-0.25, -0.2) is 4.98 Å². The molecule has 0 spiro atoms. The number of aromatic nitrogens is 2. The van der Waals surface area contributed by atoms with Gasteiger partial charge in [-0.3, -0.25) is 9.59 Å². The van der Waals surface area contributed by atoms with E-state index in [4.69, 9.17) is 4.42 Å². The first-order chi connectivity index (χ1) is 15.5. The smallest absolute Gasteiger partial charge is 0.387 e. The van der Waals surface area contributed by atoms with Crippen molar-refractivity contribution in [1.29, 1.82) is 0 Å². The maximum absolute atomic E-state index is 13.3. The molecule has 0 radical (unpaired) electrons. The number of halogens is 2. The molecule has 0 atom stereocenters. The molecule has 8 nitrogen and oxygen atoms in total. The van der Waals surface area contributed by atoms with Crippen LogP contribution in [0.1, 0.15) is 45.1 Å². The van der Waals surface area contributed by atoms with Crippen molar-refractivity contribution in [2.45, 2.75) is 32.5 Å². The van der Waals surface area contributed by atoms with Gasteiger partial charge in [0.2, 0.25) is 5.89 Å². The minimum absolute atomic E-state index is 0.00936. The number of nitrogens with one attached hydrogen (secondary N) is 1. The van der Waals surface area contributed by atoms with Crippen LogP contribution in [0, 0.1) is 0 Å². The van der Waals surface area contributed by atoms with Crippen LogP contribution in [0.2, 0.25) is 0 Å². The second kappa shape index (κ2) is 9.63. The van der Waals surface area contributed by atoms with E-state index in [1.165, 1.54) is 35.7 Å². The van der Waals surface area contributed by atoms with Crippen molar-refractivity contribution in [2.75, 3.05) is 13.1 Å². The lowest BCUT2D eigenvalue weighted by molar-refractivity contribution is -0.0507. The highest BCUT2D eigenvalue weighted by molar-refractivity contribution is 5.99. The number of benzene rings is 1. The van der Waals surface area contributed by atoms with Crippen molar-refractivity contribution in [3.8, 4) is 5.75 Å². The van der Waals surface area contributed by atoms with Gasteiger partial charge >= 0.3 is 6.61 Å². The SMILES string of the molecule is O=C(c1c[nH]c(C(=O)N2CCCC2)c1)N(Cc1ncco1)Cc1ccccc1OC(F)F. The predicted octanol–water partition coefficient (Wildman–Crippen LogP) is 3.68. The number of alkyl halides is 2. The molecule has 3 heterocycles. The zero-order chi connectivity index (χ0) is 22.5. The largest absolute Gasteiger partial charge is 0.447 e. The highest BCUT2D eigenvalue weighted by Crippen LogP contribution is 2.24. The third-order valence-electron chi connectivity index (χ3n) is 5.20. The Kier molecular flexibility index (Phi) is 6.48. The first kappa shape index (κ1) is 21.5. The van der Waals surface area contributed by atoms with E-state index in [0.717, 1.165) is 12.8 Å². The van der Waals surface area contributed by atoms with Crippen LogP contribution in [0.15, 0.2) is 53.4 Å². The zero-order valence-electron chi connectivity index (χ0n) is 17.2. The van der Waals surface area contributed by atoms with E-state index in [0.29, 0.717) is 24.3 Å². The van der Waals surface area contributed by atoms with Crippen molar-refractivity contribution < 1.29 is 27.5 Å². The lowest BCUT2D eigenvalue weighted by Gasteiger charge is -2.22. The van der Waals surface area contributed by atoms with Crippen molar-refractivity contribution in [2.24, 2.45) is 0 Å². The fourth-order valence-corrected chi connectivity index (χ4v) is 3.66. The van der Waals surface area contributed by atoms with Crippen LogP contribution < -0.4 is 4.74 Å². The Balaban J connectivity index is 1.57. The Morgan fingerprint density at radius 1 is 1.22 bits per heavy atom. The monoisotopic (exact) mass is 444 g/mol. The Bertz CT molecular complexity index is 1060. The number of likely N-dealkylation sites (tertiary alicyclic amines) is 1. The van der Waals surface area contributed by atoms with Crippen LogP contribution >= 0.6 is 0 Å². The lowest BCUT2D eigenvalue weighted by atomic mass is 10.1. The molecule has 2 amide bonds. The highest BCUT2D eigenvalue weighted by Gasteiger charge is 2.25. The van der Waals surface area contributed by atoms with Gasteiger partial charge in [0.25, 0.3) is 11.8 Å². The number of oxazole rings is 1. The number of rotatable bonds is 8. The van der Waals surface area contributed by atoms with Gasteiger partial charge in [-0.05, 0) is 25.0 Å². The Morgan fingerprint density at radius 2 is 2.00 bits per heavy atom. The molecule has 1 N–H and O–H groups in total. The molecule has 1 aliphatic rings. The van der Waals surface area contributed by atoms with Gasteiger partial charge in [-0.1, -0.05) is 18.2 Å². The second-order valence-electron chi connectivity index (χ2n) is 7.37. The molecule has 4 rings (SSSR count). The summed E-state index contributed by atoms with van der Waals surface area (Å²) in [4.78, 5) is 36.0. The maximum atomic E-state index is 13.3. The third-order valence-corrected chi connectivity index (χ3v) is 5.20. The molecule has 0 aliphatic carbocycles. The summed E-state index contributed by atoms with van der Waals surface area (Å²) in [5, 5.41) is 0. The second-order valence-corrected chi connectivity index (χ2v) is 7.37. The Labute approximate surface area is 182 Å². The molecule has 168 valence electrons. The number of ether oxygens (including phenoxy) is 1. The van der Waals surface area contributed by atoms with E-state index in [-0.39, 0.29) is 36.2 Å². The van der Waals surface area contributed by atoms with E-state index in [9.17, 15) is 18.4 Å². The van der Waals surface area contributed by atoms with Gasteiger partial charge in [0, 0.05) is 24.8 Å². The minimum atomic E-state index is -2.99. The third kappa shape index (κ3) is 4.96. The number of hydrogen-bond acceptors (Lipinski definition) is 5. The molecule has 1 aromatic carbocycles. The lowest BCUT2D eigenvalue weighted by Crippen LogP contribution is -2.30. The van der Waals surface area contributed by atoms with Crippen LogP contribution in [-0.2, 0) is 13.1 Å². The van der Waals surface area contributed by atoms with Crippen molar-refractivity contribution in [3.05, 3.63) is 71.7 Å². The van der Waals surface area contributed by atoms with Crippen LogP contribution in [-0.4, -0.2) is 51.3 Å². The number of aromatic amines is 1. The van der Waals surface area contributed by atoms with Gasteiger partial charge in [0.1, 0.15) is 17.7 Å². The molecule has 10 heteroatoms. The number of H-pyrrole nitrogens is 1. The number of para-hydroxylation sites is 1. The van der Waals surface area contributed by atoms with E-state index in [1.807, 2.05) is 0 Å². The number of hydrogen-bond donors (Lipinski definition) is 1. The van der Waals surface area contributed by atoms with Crippen molar-refractivity contribution in [1.82, 2.24) is 19.8 Å². The Morgan fingerprint density at radius 3 is 2.72 bits per heavy atom. The molecular weight excluding hydrogens is 422 g/mol. The van der Waals surface area contributed by atoms with Gasteiger partial charge in [0.05, 0.1) is 24.8 Å². The summed E-state index contributed by atoms with van der Waals surface area (Å²) in [5.74, 6) is -0.301. The number of carbonyl (C=O) groups is 2. The number of nitrogens with zero attached hydrogens (tertiary/aromatic N) is 3. The van der Waals surface area contributed by atoms with E-state index >= 15 is 0 Å². The summed E-state index contributed by atoms with van der Waals surface area (Å²) in [6, 6.07) is 7.77. The molecule has 3 aromatic rings. The maximum Gasteiger partial charge on any atom is 0.387 e. The fourth-order valence-electron chi connectivity index (χ4n) is 3.66. The summed E-state index contributed by atoms with van der Waals surface area (Å²) in [6.45, 7) is -1.62. The van der Waals surface area contributed by atoms with Gasteiger partial charge in [0.15, 0.2) is 0 Å². The minimum Gasteiger partial charge on any atom is -0.447 e. The number of amides is 2. The Hall–Kier alpha value is -3.69. The molecule has 32 heavy (non-hydrogen) atoms. The molecule has 0 bridgehead atoms. The molecule has 1 fully saturated rings. The fraction of sp³-hybridized carbons (Fsp3) is 0.318. The standard InChI is InChI=1S/C22H22F2N4O4/c23-22(24)32-18-6-2-1-5-15(18)13-28(14-19-25-7-10-31-19)20(29)16-11-17(26-12-16)21(30)27-8-3-4-9-27/h1-2,5-7,10-12,22,26H,3-4,8-9,13-14H2. The summed E-state index contributed by atoms with van der Waals surface area (Å²) in [6.07, 6.45) is 6.23. The molecular formula is C22H22F2N4O4. The summed E-state index contributed by atoms with van der Waals surface area (Å²) in [7, 11) is 0. The first-order valence-corrected chi connectivity index (χ1v) is 10.2. The summed E-state index contributed by atoms with van der Waals surface area (Å²) in [5.41, 5.74) is 0.996. The van der Waals surface area contributed by atoms with Crippen molar-refractivity contribution in [3.63, 3.8) is 0 Å². The highest BCUT2D eigenvalue weighted by atomic mass is 19.3. The van der Waals surface area contributed by atoms with E-state index < -0.39 is 12.5 Å². The van der Waals surface area contributed by atoms with Gasteiger partial charge in [-0.2, -0.15) is 8.78 Å². The van der Waals surface area contributed by atoms with Crippen LogP contribution in [0.25, 0.3) is 0 Å². The van der Waals surface area contributed by atoms with E-state index in [1.54, 1.807) is 23.1 Å². The van der Waals surface area contributed by atoms with Crippen LogP contribution in [0.3, 0.4) is 0 Å². The molecule has 1 saturated heterocycles. The molecule has 0 unspecified atom stereocenters. The molecule has 2 aromatic heterocycles. The van der Waals surface area contributed by atoms with Crippen LogP contribution in [0.4, 0.5) is 8.78 Å². The molecule has 0 saturated carbocycles.